The zero-order valence-corrected chi connectivity index (χ0v) is 8.71. The fourth-order valence-electron chi connectivity index (χ4n) is 1.36. The van der Waals surface area contributed by atoms with Crippen LogP contribution < -0.4 is 5.43 Å². The van der Waals surface area contributed by atoms with Crippen molar-refractivity contribution in [2.45, 2.75) is 0 Å². The van der Waals surface area contributed by atoms with Crippen molar-refractivity contribution in [1.29, 1.82) is 0 Å². The lowest BCUT2D eigenvalue weighted by Crippen LogP contribution is -2.04. The number of hydrogen-bond acceptors (Lipinski definition) is 1. The maximum absolute atomic E-state index is 11.4. The first-order chi connectivity index (χ1) is 6.18. The molecular formula is C10H8BrNO. The van der Waals surface area contributed by atoms with Gasteiger partial charge in [-0.15, -0.1) is 0 Å². The molecule has 0 amide bonds. The van der Waals surface area contributed by atoms with Crippen molar-refractivity contribution in [2.24, 2.45) is 7.05 Å². The van der Waals surface area contributed by atoms with E-state index in [-0.39, 0.29) is 5.43 Å². The summed E-state index contributed by atoms with van der Waals surface area (Å²) >= 11 is 3.34. The number of pyridine rings is 1. The molecule has 2 aromatic rings. The fourth-order valence-corrected chi connectivity index (χ4v) is 1.72. The Kier molecular flexibility index (Phi) is 1.96. The maximum Gasteiger partial charge on any atom is 0.189 e. The van der Waals surface area contributed by atoms with E-state index in [2.05, 4.69) is 15.9 Å². The van der Waals surface area contributed by atoms with Gasteiger partial charge in [-0.3, -0.25) is 4.79 Å². The second-order valence-corrected chi connectivity index (χ2v) is 3.87. The summed E-state index contributed by atoms with van der Waals surface area (Å²) in [6.45, 7) is 0. The van der Waals surface area contributed by atoms with Gasteiger partial charge in [-0.25, -0.2) is 0 Å². The molecule has 0 aliphatic rings. The van der Waals surface area contributed by atoms with Crippen LogP contribution in [0.3, 0.4) is 0 Å². The number of hydrogen-bond donors (Lipinski definition) is 0. The van der Waals surface area contributed by atoms with Crippen molar-refractivity contribution >= 4 is 26.8 Å². The smallest absolute Gasteiger partial charge is 0.189 e. The maximum atomic E-state index is 11.4. The van der Waals surface area contributed by atoms with E-state index in [9.17, 15) is 4.79 Å². The minimum atomic E-state index is 0.0643. The van der Waals surface area contributed by atoms with Crippen LogP contribution in [0.25, 0.3) is 10.9 Å². The molecule has 0 bridgehead atoms. The third-order valence-corrected chi connectivity index (χ3v) is 2.55. The molecule has 1 aromatic carbocycles. The Morgan fingerprint density at radius 2 is 2.08 bits per heavy atom. The highest BCUT2D eigenvalue weighted by molar-refractivity contribution is 9.10. The number of rotatable bonds is 0. The molecule has 1 heterocycles. The first-order valence-electron chi connectivity index (χ1n) is 3.93. The normalized spacial score (nSPS) is 10.6. The van der Waals surface area contributed by atoms with Crippen molar-refractivity contribution < 1.29 is 0 Å². The van der Waals surface area contributed by atoms with Crippen LogP contribution in [0.4, 0.5) is 0 Å². The Bertz CT molecular complexity index is 516. The summed E-state index contributed by atoms with van der Waals surface area (Å²) in [6, 6.07) is 7.29. The first-order valence-corrected chi connectivity index (χ1v) is 4.73. The van der Waals surface area contributed by atoms with Crippen molar-refractivity contribution in [3.63, 3.8) is 0 Å². The van der Waals surface area contributed by atoms with Gasteiger partial charge in [0.2, 0.25) is 0 Å². The van der Waals surface area contributed by atoms with Gasteiger partial charge in [0.25, 0.3) is 0 Å². The standard InChI is InChI=1S/C10H8BrNO/c1-12-5-4-10(13)8-6-7(11)2-3-9(8)12/h2-6H,1H3. The molecule has 0 aliphatic carbocycles. The van der Waals surface area contributed by atoms with Crippen LogP contribution >= 0.6 is 15.9 Å². The molecule has 0 aliphatic heterocycles. The highest BCUT2D eigenvalue weighted by Crippen LogP contribution is 2.15. The molecule has 0 atom stereocenters. The van der Waals surface area contributed by atoms with E-state index in [1.54, 1.807) is 12.3 Å². The van der Waals surface area contributed by atoms with E-state index in [4.69, 9.17) is 0 Å². The van der Waals surface area contributed by atoms with Crippen molar-refractivity contribution in [3.05, 3.63) is 45.2 Å². The minimum Gasteiger partial charge on any atom is -0.350 e. The van der Waals surface area contributed by atoms with Gasteiger partial charge in [0, 0.05) is 29.2 Å². The van der Waals surface area contributed by atoms with Crippen molar-refractivity contribution in [3.8, 4) is 0 Å². The van der Waals surface area contributed by atoms with Crippen LogP contribution in [0, 0.1) is 0 Å². The van der Waals surface area contributed by atoms with Gasteiger partial charge in [0.05, 0.1) is 5.52 Å². The Morgan fingerprint density at radius 3 is 2.85 bits per heavy atom. The van der Waals surface area contributed by atoms with Gasteiger partial charge in [-0.1, -0.05) is 15.9 Å². The molecule has 3 heteroatoms. The van der Waals surface area contributed by atoms with Gasteiger partial charge in [0.1, 0.15) is 0 Å². The number of aromatic nitrogens is 1. The average Bonchev–Trinajstić information content (AvgIpc) is 2.12. The fraction of sp³-hybridized carbons (Fsp3) is 0.100. The van der Waals surface area contributed by atoms with E-state index in [1.807, 2.05) is 29.8 Å². The Hall–Kier alpha value is -1.09. The molecule has 13 heavy (non-hydrogen) atoms. The lowest BCUT2D eigenvalue weighted by Gasteiger charge is -2.03. The molecule has 0 N–H and O–H groups in total. The third kappa shape index (κ3) is 1.40. The molecule has 0 unspecified atom stereocenters. The van der Waals surface area contributed by atoms with E-state index >= 15 is 0 Å². The van der Waals surface area contributed by atoms with Gasteiger partial charge < -0.3 is 4.57 Å². The van der Waals surface area contributed by atoms with Crippen molar-refractivity contribution in [1.82, 2.24) is 4.57 Å². The van der Waals surface area contributed by atoms with Crippen LogP contribution in [-0.2, 0) is 7.05 Å². The zero-order valence-electron chi connectivity index (χ0n) is 7.12. The molecule has 2 nitrogen and oxygen atoms in total. The summed E-state index contributed by atoms with van der Waals surface area (Å²) in [6.07, 6.45) is 1.78. The molecule has 66 valence electrons. The number of benzene rings is 1. The summed E-state index contributed by atoms with van der Waals surface area (Å²) in [7, 11) is 1.93. The average molecular weight is 238 g/mol. The van der Waals surface area contributed by atoms with Gasteiger partial charge in [-0.2, -0.15) is 0 Å². The van der Waals surface area contributed by atoms with E-state index in [1.165, 1.54) is 0 Å². The lowest BCUT2D eigenvalue weighted by molar-refractivity contribution is 0.950. The van der Waals surface area contributed by atoms with Crippen molar-refractivity contribution in [2.75, 3.05) is 0 Å². The number of nitrogens with zero attached hydrogens (tertiary/aromatic N) is 1. The van der Waals surface area contributed by atoms with Gasteiger partial charge >= 0.3 is 0 Å². The second kappa shape index (κ2) is 3.00. The summed E-state index contributed by atoms with van der Waals surface area (Å²) in [5, 5.41) is 0.749. The minimum absolute atomic E-state index is 0.0643. The van der Waals surface area contributed by atoms with Gasteiger partial charge in [0.15, 0.2) is 5.43 Å². The van der Waals surface area contributed by atoms with Crippen LogP contribution in [-0.4, -0.2) is 4.57 Å². The first kappa shape index (κ1) is 8.51. The van der Waals surface area contributed by atoms with E-state index < -0.39 is 0 Å². The topological polar surface area (TPSA) is 22.0 Å². The predicted octanol–water partition coefficient (Wildman–Crippen LogP) is 2.30. The Balaban J connectivity index is 3.01. The molecule has 2 rings (SSSR count). The highest BCUT2D eigenvalue weighted by atomic mass is 79.9. The number of aryl methyl sites for hydroxylation is 1. The Labute approximate surface area is 83.9 Å². The third-order valence-electron chi connectivity index (χ3n) is 2.05. The summed E-state index contributed by atoms with van der Waals surface area (Å²) < 4.78 is 2.87. The number of halogens is 1. The van der Waals surface area contributed by atoms with Gasteiger partial charge in [-0.05, 0) is 18.2 Å². The lowest BCUT2D eigenvalue weighted by atomic mass is 10.2. The predicted molar refractivity (Wildman–Crippen MR) is 56.9 cm³/mol. The molecule has 1 aromatic heterocycles. The van der Waals surface area contributed by atoms with E-state index in [0.29, 0.717) is 0 Å². The van der Waals surface area contributed by atoms with Crippen LogP contribution in [0.5, 0.6) is 0 Å². The highest BCUT2D eigenvalue weighted by Gasteiger charge is 1.99. The van der Waals surface area contributed by atoms with Crippen LogP contribution in [0.15, 0.2) is 39.7 Å². The molecule has 0 saturated carbocycles. The molecule has 0 spiro atoms. The summed E-state index contributed by atoms with van der Waals surface area (Å²) in [4.78, 5) is 11.4. The van der Waals surface area contributed by atoms with Crippen LogP contribution in [0.2, 0.25) is 0 Å². The summed E-state index contributed by atoms with van der Waals surface area (Å²) in [5.41, 5.74) is 1.02. The Morgan fingerprint density at radius 1 is 1.31 bits per heavy atom. The molecular weight excluding hydrogens is 230 g/mol. The monoisotopic (exact) mass is 237 g/mol. The van der Waals surface area contributed by atoms with E-state index in [0.717, 1.165) is 15.4 Å². The molecule has 0 saturated heterocycles. The number of fused-ring (bicyclic) bond motifs is 1. The molecule has 0 radical (unpaired) electrons. The quantitative estimate of drug-likeness (QED) is 0.690. The summed E-state index contributed by atoms with van der Waals surface area (Å²) in [5.74, 6) is 0. The molecule has 0 fully saturated rings. The van der Waals surface area contributed by atoms with Crippen LogP contribution in [0.1, 0.15) is 0 Å². The second-order valence-electron chi connectivity index (χ2n) is 2.95. The largest absolute Gasteiger partial charge is 0.350 e. The SMILES string of the molecule is Cn1ccc(=O)c2cc(Br)ccc21. The zero-order chi connectivity index (χ0) is 9.42.